The van der Waals surface area contributed by atoms with Gasteiger partial charge in [-0.3, -0.25) is 0 Å². The first-order chi connectivity index (χ1) is 11.3. The molecule has 0 fully saturated rings. The Balaban J connectivity index is 2.26. The zero-order chi connectivity index (χ0) is 16.2. The molecule has 1 unspecified atom stereocenters. The molecular weight excluding hydrogens is 304 g/mol. The summed E-state index contributed by atoms with van der Waals surface area (Å²) < 4.78 is 5.39. The van der Waals surface area contributed by atoms with Gasteiger partial charge in [0.15, 0.2) is 4.91 Å². The Hall–Kier alpha value is -2.00. The van der Waals surface area contributed by atoms with Crippen molar-refractivity contribution >= 4 is 27.3 Å². The van der Waals surface area contributed by atoms with Crippen molar-refractivity contribution in [1.29, 1.82) is 0 Å². The number of hydrogen-bond donors (Lipinski definition) is 0. The number of esters is 1. The highest BCUT2D eigenvalue weighted by atomic mass is 32.2. The summed E-state index contributed by atoms with van der Waals surface area (Å²) in [6.45, 7) is 4.45. The highest BCUT2D eigenvalue weighted by molar-refractivity contribution is 8.05. The maximum absolute atomic E-state index is 12.7. The SMILES string of the molecule is CCOC(=O)C1=C(c2ccccc2)[S+](CC)Cc2ccccc21. The lowest BCUT2D eigenvalue weighted by Gasteiger charge is -2.22. The average molecular weight is 325 g/mol. The van der Waals surface area contributed by atoms with Crippen LogP contribution in [-0.2, 0) is 26.2 Å². The molecule has 0 radical (unpaired) electrons. The topological polar surface area (TPSA) is 26.3 Å². The van der Waals surface area contributed by atoms with E-state index in [0.29, 0.717) is 6.61 Å². The molecule has 2 nitrogen and oxygen atoms in total. The van der Waals surface area contributed by atoms with Gasteiger partial charge in [-0.15, -0.1) is 0 Å². The van der Waals surface area contributed by atoms with E-state index in [1.54, 1.807) is 0 Å². The van der Waals surface area contributed by atoms with Gasteiger partial charge in [0.1, 0.15) is 17.1 Å². The summed E-state index contributed by atoms with van der Waals surface area (Å²) in [5.41, 5.74) is 4.17. The van der Waals surface area contributed by atoms with Crippen molar-refractivity contribution in [2.24, 2.45) is 0 Å². The fraction of sp³-hybridized carbons (Fsp3) is 0.250. The zero-order valence-electron chi connectivity index (χ0n) is 13.5. The minimum atomic E-state index is -0.204. The molecule has 0 saturated heterocycles. The summed E-state index contributed by atoms with van der Waals surface area (Å²) in [7, 11) is 0.0228. The molecular formula is C20H21O2S+. The molecule has 0 aliphatic carbocycles. The number of rotatable bonds is 4. The second kappa shape index (κ2) is 7.05. The molecule has 0 bridgehead atoms. The zero-order valence-corrected chi connectivity index (χ0v) is 14.4. The van der Waals surface area contributed by atoms with Gasteiger partial charge in [-0.05, 0) is 26.0 Å². The first kappa shape index (κ1) is 15.9. The summed E-state index contributed by atoms with van der Waals surface area (Å²) in [5, 5.41) is 0. The summed E-state index contributed by atoms with van der Waals surface area (Å²) >= 11 is 0. The Morgan fingerprint density at radius 2 is 1.74 bits per heavy atom. The molecule has 1 aliphatic rings. The second-order valence-electron chi connectivity index (χ2n) is 5.37. The van der Waals surface area contributed by atoms with Crippen LogP contribution in [0.4, 0.5) is 0 Å². The molecule has 1 heterocycles. The molecule has 118 valence electrons. The monoisotopic (exact) mass is 325 g/mol. The van der Waals surface area contributed by atoms with Gasteiger partial charge in [0.25, 0.3) is 0 Å². The highest BCUT2D eigenvalue weighted by Gasteiger charge is 2.38. The Bertz CT molecular complexity index is 734. The minimum absolute atomic E-state index is 0.0228. The van der Waals surface area contributed by atoms with E-state index in [9.17, 15) is 4.79 Å². The molecule has 3 heteroatoms. The first-order valence-corrected chi connectivity index (χ1v) is 9.55. The van der Waals surface area contributed by atoms with Gasteiger partial charge < -0.3 is 4.74 Å². The third-order valence-electron chi connectivity index (χ3n) is 4.00. The Morgan fingerprint density at radius 1 is 1.04 bits per heavy atom. The van der Waals surface area contributed by atoms with Crippen LogP contribution in [0.25, 0.3) is 10.5 Å². The third-order valence-corrected chi connectivity index (χ3v) is 6.37. The van der Waals surface area contributed by atoms with Crippen LogP contribution < -0.4 is 0 Å². The largest absolute Gasteiger partial charge is 0.462 e. The number of hydrogen-bond acceptors (Lipinski definition) is 2. The number of carbonyl (C=O) groups excluding carboxylic acids is 1. The van der Waals surface area contributed by atoms with Gasteiger partial charge in [0.05, 0.1) is 6.61 Å². The van der Waals surface area contributed by atoms with Crippen LogP contribution in [-0.4, -0.2) is 18.3 Å². The Morgan fingerprint density at radius 3 is 2.43 bits per heavy atom. The lowest BCUT2D eigenvalue weighted by Crippen LogP contribution is -2.22. The van der Waals surface area contributed by atoms with Crippen LogP contribution in [0.5, 0.6) is 0 Å². The van der Waals surface area contributed by atoms with Crippen LogP contribution in [0, 0.1) is 0 Å². The van der Waals surface area contributed by atoms with Crippen molar-refractivity contribution in [3.8, 4) is 0 Å². The smallest absolute Gasteiger partial charge is 0.343 e. The molecule has 1 atom stereocenters. The van der Waals surface area contributed by atoms with E-state index >= 15 is 0 Å². The van der Waals surface area contributed by atoms with E-state index in [4.69, 9.17) is 4.74 Å². The maximum atomic E-state index is 12.7. The molecule has 23 heavy (non-hydrogen) atoms. The van der Waals surface area contributed by atoms with Gasteiger partial charge in [0, 0.05) is 27.6 Å². The first-order valence-electron chi connectivity index (χ1n) is 7.98. The predicted molar refractivity (Wildman–Crippen MR) is 97.9 cm³/mol. The summed E-state index contributed by atoms with van der Waals surface area (Å²) in [6.07, 6.45) is 0. The van der Waals surface area contributed by atoms with E-state index in [1.807, 2.05) is 43.3 Å². The van der Waals surface area contributed by atoms with Crippen molar-refractivity contribution in [2.75, 3.05) is 12.4 Å². The molecule has 0 aromatic heterocycles. The molecule has 3 rings (SSSR count). The van der Waals surface area contributed by atoms with Crippen molar-refractivity contribution in [3.63, 3.8) is 0 Å². The van der Waals surface area contributed by atoms with E-state index in [0.717, 1.165) is 33.1 Å². The summed E-state index contributed by atoms with van der Waals surface area (Å²) in [5.74, 6) is 1.82. The molecule has 2 aromatic rings. The van der Waals surface area contributed by atoms with E-state index in [-0.39, 0.29) is 16.9 Å². The Labute approximate surface area is 140 Å². The van der Waals surface area contributed by atoms with E-state index in [1.165, 1.54) is 5.56 Å². The second-order valence-corrected chi connectivity index (χ2v) is 7.63. The fourth-order valence-electron chi connectivity index (χ4n) is 2.97. The van der Waals surface area contributed by atoms with Gasteiger partial charge in [-0.25, -0.2) is 4.79 Å². The molecule has 0 amide bonds. The fourth-order valence-corrected chi connectivity index (χ4v) is 5.19. The number of carbonyl (C=O) groups is 1. The van der Waals surface area contributed by atoms with Crippen molar-refractivity contribution < 1.29 is 9.53 Å². The van der Waals surface area contributed by atoms with E-state index < -0.39 is 0 Å². The van der Waals surface area contributed by atoms with Gasteiger partial charge in [0.2, 0.25) is 0 Å². The molecule has 2 aromatic carbocycles. The van der Waals surface area contributed by atoms with Gasteiger partial charge in [-0.2, -0.15) is 0 Å². The summed E-state index contributed by atoms with van der Waals surface area (Å²) in [6, 6.07) is 18.5. The van der Waals surface area contributed by atoms with E-state index in [2.05, 4.69) is 25.1 Å². The summed E-state index contributed by atoms with van der Waals surface area (Å²) in [4.78, 5) is 13.9. The van der Waals surface area contributed by atoms with Crippen molar-refractivity contribution in [3.05, 3.63) is 71.3 Å². The number of ether oxygens (including phenoxy) is 1. The van der Waals surface area contributed by atoms with Gasteiger partial charge >= 0.3 is 5.97 Å². The average Bonchev–Trinajstić information content (AvgIpc) is 2.60. The minimum Gasteiger partial charge on any atom is -0.462 e. The quantitative estimate of drug-likeness (QED) is 0.620. The third kappa shape index (κ3) is 3.06. The van der Waals surface area contributed by atoms with Crippen LogP contribution in [0.2, 0.25) is 0 Å². The number of benzene rings is 2. The van der Waals surface area contributed by atoms with Crippen LogP contribution >= 0.6 is 0 Å². The molecule has 0 saturated carbocycles. The molecule has 0 N–H and O–H groups in total. The maximum Gasteiger partial charge on any atom is 0.343 e. The normalized spacial score (nSPS) is 16.9. The highest BCUT2D eigenvalue weighted by Crippen LogP contribution is 2.41. The lowest BCUT2D eigenvalue weighted by molar-refractivity contribution is -0.136. The molecule has 1 aliphatic heterocycles. The lowest BCUT2D eigenvalue weighted by atomic mass is 9.97. The standard InChI is InChI=1S/C20H21O2S/c1-3-22-20(21)18-17-13-9-8-12-16(17)14-23(4-2)19(18)15-10-6-5-7-11-15/h5-13H,3-4,14H2,1-2H3/q+1. The van der Waals surface area contributed by atoms with Crippen LogP contribution in [0.1, 0.15) is 30.5 Å². The predicted octanol–water partition coefficient (Wildman–Crippen LogP) is 4.27. The molecule has 0 spiro atoms. The van der Waals surface area contributed by atoms with Crippen molar-refractivity contribution in [2.45, 2.75) is 19.6 Å². The Kier molecular flexibility index (Phi) is 4.87. The van der Waals surface area contributed by atoms with Crippen LogP contribution in [0.3, 0.4) is 0 Å². The van der Waals surface area contributed by atoms with Crippen molar-refractivity contribution in [1.82, 2.24) is 0 Å². The van der Waals surface area contributed by atoms with Gasteiger partial charge in [-0.1, -0.05) is 42.5 Å². The number of fused-ring (bicyclic) bond motifs is 1. The van der Waals surface area contributed by atoms with Crippen LogP contribution in [0.15, 0.2) is 54.6 Å².